The first-order valence-electron chi connectivity index (χ1n) is 7.55. The minimum atomic E-state index is -4.75. The van der Waals surface area contributed by atoms with Crippen LogP contribution < -0.4 is 0 Å². The smallest absolute Gasteiger partial charge is 0.324 e. The predicted molar refractivity (Wildman–Crippen MR) is 84.2 cm³/mol. The monoisotopic (exact) mass is 344 g/mol. The van der Waals surface area contributed by atoms with Crippen LogP contribution in [0, 0.1) is 11.8 Å². The summed E-state index contributed by atoms with van der Waals surface area (Å²) in [4.78, 5) is 36.0. The molecule has 1 atom stereocenters. The van der Waals surface area contributed by atoms with Crippen molar-refractivity contribution in [2.75, 3.05) is 0 Å². The van der Waals surface area contributed by atoms with Gasteiger partial charge in [-0.1, -0.05) is 59.3 Å². The highest BCUT2D eigenvalue weighted by Crippen LogP contribution is 2.61. The molecule has 6 nitrogen and oxygen atoms in total. The van der Waals surface area contributed by atoms with Gasteiger partial charge in [0, 0.05) is 0 Å². The maximum absolute atomic E-state index is 11.1. The fourth-order valence-corrected chi connectivity index (χ4v) is 4.98. The molecule has 0 saturated carbocycles. The molecule has 0 heterocycles. The molecule has 8 heteroatoms. The Kier molecular flexibility index (Phi) is 9.58. The normalized spacial score (nSPS) is 14.9. The molecule has 0 aromatic heterocycles. The van der Waals surface area contributed by atoms with Crippen LogP contribution >= 0.6 is 15.2 Å². The molecule has 0 amide bonds. The molecular formula is C13H30O6P2. The fourth-order valence-electron chi connectivity index (χ4n) is 2.37. The van der Waals surface area contributed by atoms with E-state index in [1.165, 1.54) is 12.8 Å². The molecule has 128 valence electrons. The van der Waals surface area contributed by atoms with Crippen molar-refractivity contribution >= 4 is 15.2 Å². The highest BCUT2D eigenvalue weighted by molar-refractivity contribution is 7.70. The quantitative estimate of drug-likeness (QED) is 0.336. The number of hydrogen-bond acceptors (Lipinski definition) is 2. The minimum absolute atomic E-state index is 0.132. The van der Waals surface area contributed by atoms with E-state index in [0.29, 0.717) is 18.3 Å². The molecule has 21 heavy (non-hydrogen) atoms. The Balaban J connectivity index is 4.02. The van der Waals surface area contributed by atoms with Crippen LogP contribution in [-0.2, 0) is 9.13 Å². The Morgan fingerprint density at radius 1 is 0.714 bits per heavy atom. The topological polar surface area (TPSA) is 115 Å². The second-order valence-electron chi connectivity index (χ2n) is 6.37. The zero-order valence-corrected chi connectivity index (χ0v) is 15.0. The average Bonchev–Trinajstić information content (AvgIpc) is 2.24. The first-order chi connectivity index (χ1) is 9.44. The van der Waals surface area contributed by atoms with E-state index in [4.69, 9.17) is 19.6 Å². The zero-order valence-electron chi connectivity index (χ0n) is 13.2. The SMILES string of the molecule is CC(C)CCCC(C)CCCCC(P(=O)(O)O)P(=O)(O)O. The molecule has 0 rings (SSSR count). The van der Waals surface area contributed by atoms with Crippen LogP contribution in [0.25, 0.3) is 0 Å². The van der Waals surface area contributed by atoms with Crippen LogP contribution in [-0.4, -0.2) is 25.0 Å². The van der Waals surface area contributed by atoms with Crippen LogP contribution in [0.2, 0.25) is 0 Å². The third kappa shape index (κ3) is 10.6. The average molecular weight is 344 g/mol. The maximum Gasteiger partial charge on any atom is 0.340 e. The summed E-state index contributed by atoms with van der Waals surface area (Å²) in [6, 6.07) is 0. The first-order valence-corrected chi connectivity index (χ1v) is 10.9. The van der Waals surface area contributed by atoms with Gasteiger partial charge in [-0.15, -0.1) is 0 Å². The molecule has 0 aliphatic carbocycles. The van der Waals surface area contributed by atoms with Crippen molar-refractivity contribution < 1.29 is 28.7 Å². The molecular weight excluding hydrogens is 314 g/mol. The Morgan fingerprint density at radius 3 is 1.57 bits per heavy atom. The molecule has 0 aliphatic rings. The minimum Gasteiger partial charge on any atom is -0.324 e. The molecule has 0 radical (unpaired) electrons. The van der Waals surface area contributed by atoms with E-state index < -0.39 is 20.6 Å². The van der Waals surface area contributed by atoms with Crippen molar-refractivity contribution in [2.24, 2.45) is 11.8 Å². The zero-order chi connectivity index (χ0) is 16.7. The molecule has 0 bridgehead atoms. The van der Waals surface area contributed by atoms with E-state index in [1.807, 2.05) is 0 Å². The van der Waals surface area contributed by atoms with Crippen LogP contribution in [0.15, 0.2) is 0 Å². The van der Waals surface area contributed by atoms with E-state index in [-0.39, 0.29) is 6.42 Å². The third-order valence-corrected chi connectivity index (χ3v) is 7.54. The van der Waals surface area contributed by atoms with Gasteiger partial charge in [-0.3, -0.25) is 9.13 Å². The molecule has 0 aliphatic heterocycles. The van der Waals surface area contributed by atoms with Crippen molar-refractivity contribution in [1.29, 1.82) is 0 Å². The number of rotatable bonds is 11. The highest BCUT2D eigenvalue weighted by atomic mass is 31.2. The van der Waals surface area contributed by atoms with Crippen LogP contribution in [0.3, 0.4) is 0 Å². The van der Waals surface area contributed by atoms with Crippen molar-refractivity contribution in [3.05, 3.63) is 0 Å². The summed E-state index contributed by atoms with van der Waals surface area (Å²) >= 11 is 0. The Bertz CT molecular complexity index is 351. The van der Waals surface area contributed by atoms with Crippen molar-refractivity contribution in [3.63, 3.8) is 0 Å². The highest BCUT2D eigenvalue weighted by Gasteiger charge is 2.42. The van der Waals surface area contributed by atoms with Crippen molar-refractivity contribution in [2.45, 2.75) is 71.1 Å². The maximum atomic E-state index is 11.1. The summed E-state index contributed by atoms with van der Waals surface area (Å²) in [5, 5.41) is -1.85. The summed E-state index contributed by atoms with van der Waals surface area (Å²) in [5.41, 5.74) is 0. The van der Waals surface area contributed by atoms with E-state index >= 15 is 0 Å². The van der Waals surface area contributed by atoms with Gasteiger partial charge in [0.2, 0.25) is 0 Å². The van der Waals surface area contributed by atoms with Crippen LogP contribution in [0.1, 0.15) is 65.7 Å². The lowest BCUT2D eigenvalue weighted by atomic mass is 9.95. The Labute approximate surface area is 127 Å². The van der Waals surface area contributed by atoms with E-state index in [0.717, 1.165) is 19.3 Å². The lowest BCUT2D eigenvalue weighted by Crippen LogP contribution is -2.09. The van der Waals surface area contributed by atoms with Gasteiger partial charge >= 0.3 is 15.2 Å². The van der Waals surface area contributed by atoms with E-state index in [2.05, 4.69) is 20.8 Å². The number of unbranched alkanes of at least 4 members (excludes halogenated alkanes) is 1. The van der Waals surface area contributed by atoms with E-state index in [1.54, 1.807) is 0 Å². The first kappa shape index (κ1) is 21.3. The molecule has 4 N–H and O–H groups in total. The van der Waals surface area contributed by atoms with Gasteiger partial charge < -0.3 is 19.6 Å². The molecule has 0 spiro atoms. The van der Waals surface area contributed by atoms with Crippen molar-refractivity contribution in [1.82, 2.24) is 0 Å². The predicted octanol–water partition coefficient (Wildman–Crippen LogP) is 3.69. The van der Waals surface area contributed by atoms with Gasteiger partial charge in [-0.2, -0.15) is 0 Å². The molecule has 1 unspecified atom stereocenters. The second kappa shape index (κ2) is 9.44. The fraction of sp³-hybridized carbons (Fsp3) is 1.00. The van der Waals surface area contributed by atoms with Crippen molar-refractivity contribution in [3.8, 4) is 0 Å². The van der Waals surface area contributed by atoms with Gasteiger partial charge in [-0.05, 0) is 18.3 Å². The van der Waals surface area contributed by atoms with Crippen LogP contribution in [0.5, 0.6) is 0 Å². The van der Waals surface area contributed by atoms with Gasteiger partial charge in [0.1, 0.15) is 0 Å². The standard InChI is InChI=1S/C13H30O6P2/c1-11(2)7-6-9-12(3)8-4-5-10-13(20(14,15)16)21(17,18)19/h11-13H,4-10H2,1-3H3,(H2,14,15,16)(H2,17,18,19). The summed E-state index contributed by atoms with van der Waals surface area (Å²) in [6.07, 6.45) is 5.45. The molecule has 0 fully saturated rings. The van der Waals surface area contributed by atoms with Gasteiger partial charge in [0.05, 0.1) is 0 Å². The van der Waals surface area contributed by atoms with Gasteiger partial charge in [0.15, 0.2) is 5.40 Å². The van der Waals surface area contributed by atoms with Crippen LogP contribution in [0.4, 0.5) is 0 Å². The summed E-state index contributed by atoms with van der Waals surface area (Å²) in [7, 11) is -9.51. The third-order valence-electron chi connectivity index (χ3n) is 3.66. The number of hydrogen-bond donors (Lipinski definition) is 4. The Morgan fingerprint density at radius 2 is 1.14 bits per heavy atom. The Hall–Kier alpha value is 0.300. The summed E-state index contributed by atoms with van der Waals surface area (Å²) in [6.45, 7) is 6.52. The molecule has 0 aromatic carbocycles. The lowest BCUT2D eigenvalue weighted by Gasteiger charge is -2.19. The summed E-state index contributed by atoms with van der Waals surface area (Å²) in [5.74, 6) is 1.23. The second-order valence-corrected chi connectivity index (χ2v) is 10.4. The lowest BCUT2D eigenvalue weighted by molar-refractivity contribution is 0.332. The van der Waals surface area contributed by atoms with Gasteiger partial charge in [-0.25, -0.2) is 0 Å². The molecule has 0 aromatic rings. The largest absolute Gasteiger partial charge is 0.340 e. The van der Waals surface area contributed by atoms with Gasteiger partial charge in [0.25, 0.3) is 0 Å². The van der Waals surface area contributed by atoms with E-state index in [9.17, 15) is 9.13 Å². The summed E-state index contributed by atoms with van der Waals surface area (Å²) < 4.78 is 22.2. The molecule has 0 saturated heterocycles.